The second-order valence-corrected chi connectivity index (χ2v) is 6.36. The van der Waals surface area contributed by atoms with Gasteiger partial charge in [-0.15, -0.1) is 0 Å². The van der Waals surface area contributed by atoms with Crippen molar-refractivity contribution < 1.29 is 14.6 Å². The van der Waals surface area contributed by atoms with Crippen LogP contribution >= 0.6 is 0 Å². The van der Waals surface area contributed by atoms with Gasteiger partial charge in [-0.05, 0) is 16.5 Å². The molecule has 1 aromatic rings. The molecule has 0 unspecified atom stereocenters. The molecule has 0 amide bonds. The third-order valence-electron chi connectivity index (χ3n) is 3.83. The van der Waals surface area contributed by atoms with E-state index in [1.165, 1.54) is 12.7 Å². The molecular weight excluding hydrogens is 266 g/mol. The molecule has 4 heteroatoms. The Morgan fingerprint density at radius 1 is 1.29 bits per heavy atom. The third-order valence-corrected chi connectivity index (χ3v) is 3.83. The number of benzene rings is 1. The van der Waals surface area contributed by atoms with E-state index in [4.69, 9.17) is 4.74 Å². The van der Waals surface area contributed by atoms with E-state index < -0.39 is 5.97 Å². The van der Waals surface area contributed by atoms with Crippen LogP contribution in [0.2, 0.25) is 0 Å². The molecule has 21 heavy (non-hydrogen) atoms. The summed E-state index contributed by atoms with van der Waals surface area (Å²) >= 11 is 0. The number of carbonyl (C=O) groups is 1. The standard InChI is InChI=1S/C17H23NO3/c1-17(2,3)12-7-5-11(6-8-12)15-14(16(20)21-4)13(19)9-10-18-15/h5-8,15,18-19H,9-10H2,1-4H3/t15-/m1/s1. The number of rotatable bonds is 2. The predicted octanol–water partition coefficient (Wildman–Crippen LogP) is 3.00. The first-order chi connectivity index (χ1) is 9.84. The number of hydrogen-bond donors (Lipinski definition) is 2. The lowest BCUT2D eigenvalue weighted by Gasteiger charge is -2.27. The zero-order valence-electron chi connectivity index (χ0n) is 13.1. The Bertz CT molecular complexity index is 552. The van der Waals surface area contributed by atoms with E-state index in [0.717, 1.165) is 5.56 Å². The van der Waals surface area contributed by atoms with Gasteiger partial charge in [0.2, 0.25) is 0 Å². The molecule has 1 heterocycles. The number of aliphatic hydroxyl groups is 1. The fourth-order valence-corrected chi connectivity index (χ4v) is 2.54. The summed E-state index contributed by atoms with van der Waals surface area (Å²) in [5.41, 5.74) is 2.58. The van der Waals surface area contributed by atoms with E-state index in [-0.39, 0.29) is 17.2 Å². The maximum absolute atomic E-state index is 11.9. The summed E-state index contributed by atoms with van der Waals surface area (Å²) in [7, 11) is 1.33. The van der Waals surface area contributed by atoms with Crippen molar-refractivity contribution in [2.24, 2.45) is 0 Å². The summed E-state index contributed by atoms with van der Waals surface area (Å²) in [6.07, 6.45) is 0.445. The lowest BCUT2D eigenvalue weighted by Crippen LogP contribution is -2.33. The number of methoxy groups -OCH3 is 1. The Labute approximate surface area is 125 Å². The summed E-state index contributed by atoms with van der Waals surface area (Å²) in [6, 6.07) is 7.81. The maximum Gasteiger partial charge on any atom is 0.339 e. The fraction of sp³-hybridized carbons (Fsp3) is 0.471. The molecule has 4 nitrogen and oxygen atoms in total. The molecule has 0 spiro atoms. The van der Waals surface area contributed by atoms with Gasteiger partial charge >= 0.3 is 5.97 Å². The molecule has 0 aromatic heterocycles. The molecule has 2 N–H and O–H groups in total. The maximum atomic E-state index is 11.9. The van der Waals surface area contributed by atoms with Gasteiger partial charge in [0.25, 0.3) is 0 Å². The number of aliphatic hydroxyl groups excluding tert-OH is 1. The van der Waals surface area contributed by atoms with Crippen molar-refractivity contribution in [2.75, 3.05) is 13.7 Å². The van der Waals surface area contributed by atoms with Gasteiger partial charge < -0.3 is 15.2 Å². The fourth-order valence-electron chi connectivity index (χ4n) is 2.54. The Balaban J connectivity index is 2.36. The average Bonchev–Trinajstić information content (AvgIpc) is 2.45. The first-order valence-electron chi connectivity index (χ1n) is 7.18. The molecule has 0 saturated heterocycles. The van der Waals surface area contributed by atoms with Crippen LogP contribution in [-0.4, -0.2) is 24.7 Å². The van der Waals surface area contributed by atoms with Crippen molar-refractivity contribution in [3.63, 3.8) is 0 Å². The molecule has 1 aromatic carbocycles. The van der Waals surface area contributed by atoms with Crippen LogP contribution in [0.1, 0.15) is 44.4 Å². The number of nitrogens with one attached hydrogen (secondary N) is 1. The van der Waals surface area contributed by atoms with E-state index in [1.54, 1.807) is 0 Å². The van der Waals surface area contributed by atoms with Crippen LogP contribution in [0.3, 0.4) is 0 Å². The van der Waals surface area contributed by atoms with Crippen LogP contribution < -0.4 is 5.32 Å². The van der Waals surface area contributed by atoms with Crippen LogP contribution in [0.15, 0.2) is 35.6 Å². The van der Waals surface area contributed by atoms with Crippen molar-refractivity contribution in [2.45, 2.75) is 38.6 Å². The van der Waals surface area contributed by atoms with Gasteiger partial charge in [0.15, 0.2) is 0 Å². The van der Waals surface area contributed by atoms with Crippen LogP contribution in [0.5, 0.6) is 0 Å². The molecular formula is C17H23NO3. The van der Waals surface area contributed by atoms with Crippen molar-refractivity contribution in [3.8, 4) is 0 Å². The molecule has 114 valence electrons. The quantitative estimate of drug-likeness (QED) is 0.822. The molecule has 0 saturated carbocycles. The lowest BCUT2D eigenvalue weighted by atomic mass is 9.85. The molecule has 1 aliphatic heterocycles. The van der Waals surface area contributed by atoms with Gasteiger partial charge in [0.1, 0.15) is 5.76 Å². The van der Waals surface area contributed by atoms with Gasteiger partial charge in [-0.2, -0.15) is 0 Å². The molecule has 2 rings (SSSR count). The van der Waals surface area contributed by atoms with Crippen molar-refractivity contribution in [3.05, 3.63) is 46.7 Å². The zero-order valence-corrected chi connectivity index (χ0v) is 13.1. The van der Waals surface area contributed by atoms with Gasteiger partial charge in [0, 0.05) is 13.0 Å². The monoisotopic (exact) mass is 289 g/mol. The first kappa shape index (κ1) is 15.6. The number of hydrogen-bond acceptors (Lipinski definition) is 4. The average molecular weight is 289 g/mol. The lowest BCUT2D eigenvalue weighted by molar-refractivity contribution is -0.136. The van der Waals surface area contributed by atoms with Gasteiger partial charge in [0.05, 0.1) is 18.7 Å². The summed E-state index contributed by atoms with van der Waals surface area (Å²) in [5.74, 6) is -0.366. The number of esters is 1. The molecule has 0 bridgehead atoms. The van der Waals surface area contributed by atoms with Gasteiger partial charge in [-0.25, -0.2) is 4.79 Å². The number of carbonyl (C=O) groups excluding carboxylic acids is 1. The highest BCUT2D eigenvalue weighted by molar-refractivity contribution is 5.90. The molecule has 0 radical (unpaired) electrons. The Morgan fingerprint density at radius 3 is 2.43 bits per heavy atom. The van der Waals surface area contributed by atoms with Crippen molar-refractivity contribution >= 4 is 5.97 Å². The highest BCUT2D eigenvalue weighted by atomic mass is 16.5. The smallest absolute Gasteiger partial charge is 0.339 e. The van der Waals surface area contributed by atoms with Crippen LogP contribution in [0.25, 0.3) is 0 Å². The van der Waals surface area contributed by atoms with E-state index >= 15 is 0 Å². The summed E-state index contributed by atoms with van der Waals surface area (Å²) < 4.78 is 4.79. The van der Waals surface area contributed by atoms with Crippen molar-refractivity contribution in [1.29, 1.82) is 0 Å². The second kappa shape index (κ2) is 5.90. The number of ether oxygens (including phenoxy) is 1. The Kier molecular flexibility index (Phi) is 4.37. The third kappa shape index (κ3) is 3.27. The minimum absolute atomic E-state index is 0.0850. The molecule has 1 atom stereocenters. The highest BCUT2D eigenvalue weighted by Gasteiger charge is 2.30. The Morgan fingerprint density at radius 2 is 1.90 bits per heavy atom. The summed E-state index contributed by atoms with van der Waals surface area (Å²) in [6.45, 7) is 7.11. The van der Waals surface area contributed by atoms with Crippen LogP contribution in [0, 0.1) is 0 Å². The summed E-state index contributed by atoms with van der Waals surface area (Å²) in [4.78, 5) is 11.9. The largest absolute Gasteiger partial charge is 0.512 e. The van der Waals surface area contributed by atoms with E-state index in [9.17, 15) is 9.90 Å². The molecule has 0 fully saturated rings. The van der Waals surface area contributed by atoms with E-state index in [0.29, 0.717) is 18.5 Å². The zero-order chi connectivity index (χ0) is 15.6. The van der Waals surface area contributed by atoms with Crippen molar-refractivity contribution in [1.82, 2.24) is 5.32 Å². The Hall–Kier alpha value is -1.81. The normalized spacial score (nSPS) is 19.5. The van der Waals surface area contributed by atoms with Crippen LogP contribution in [-0.2, 0) is 14.9 Å². The predicted molar refractivity (Wildman–Crippen MR) is 82.2 cm³/mol. The van der Waals surface area contributed by atoms with Crippen LogP contribution in [0.4, 0.5) is 0 Å². The van der Waals surface area contributed by atoms with E-state index in [2.05, 4.69) is 38.2 Å². The first-order valence-corrected chi connectivity index (χ1v) is 7.18. The molecule has 0 aliphatic carbocycles. The summed E-state index contributed by atoms with van der Waals surface area (Å²) in [5, 5.41) is 13.3. The highest BCUT2D eigenvalue weighted by Crippen LogP contribution is 2.31. The topological polar surface area (TPSA) is 58.6 Å². The minimum Gasteiger partial charge on any atom is -0.512 e. The van der Waals surface area contributed by atoms with E-state index in [1.807, 2.05) is 12.1 Å². The SMILES string of the molecule is COC(=O)C1=C(O)CCN[C@@H]1c1ccc(C(C)(C)C)cc1. The van der Waals surface area contributed by atoms with Gasteiger partial charge in [-0.1, -0.05) is 45.0 Å². The minimum atomic E-state index is -0.482. The molecule has 1 aliphatic rings. The van der Waals surface area contributed by atoms with Gasteiger partial charge in [-0.3, -0.25) is 0 Å². The second-order valence-electron chi connectivity index (χ2n) is 6.36.